The summed E-state index contributed by atoms with van der Waals surface area (Å²) in [5.74, 6) is -0.753. The second-order valence-electron chi connectivity index (χ2n) is 5.52. The van der Waals surface area contributed by atoms with Gasteiger partial charge in [-0.25, -0.2) is 4.79 Å². The Kier molecular flexibility index (Phi) is 4.94. The predicted molar refractivity (Wildman–Crippen MR) is 99.6 cm³/mol. The van der Waals surface area contributed by atoms with Crippen molar-refractivity contribution in [2.75, 3.05) is 12.4 Å². The quantitative estimate of drug-likeness (QED) is 0.407. The van der Waals surface area contributed by atoms with E-state index >= 15 is 0 Å². The number of para-hydroxylation sites is 1. The number of methoxy groups -OCH3 is 1. The molecule has 6 heteroatoms. The topological polar surface area (TPSA) is 81.5 Å². The summed E-state index contributed by atoms with van der Waals surface area (Å²) >= 11 is 0. The summed E-state index contributed by atoms with van der Waals surface area (Å²) in [5.41, 5.74) is 3.00. The van der Waals surface area contributed by atoms with Gasteiger partial charge in [0.1, 0.15) is 5.56 Å². The van der Waals surface area contributed by atoms with Gasteiger partial charge < -0.3 is 10.1 Å². The van der Waals surface area contributed by atoms with Gasteiger partial charge in [0, 0.05) is 23.0 Å². The number of carbonyl (C=O) groups excluding carboxylic acids is 1. The number of anilines is 2. The van der Waals surface area contributed by atoms with E-state index in [1.165, 1.54) is 19.2 Å². The lowest BCUT2D eigenvalue weighted by Gasteiger charge is -2.13. The molecule has 0 fully saturated rings. The minimum absolute atomic E-state index is 0.0975. The average molecular weight is 348 g/mol. The molecule has 0 aliphatic carbocycles. The van der Waals surface area contributed by atoms with Crippen molar-refractivity contribution in [1.82, 2.24) is 0 Å². The molecular weight excluding hydrogens is 332 g/mol. The fraction of sp³-hybridized carbons (Fsp3) is 0.0500. The van der Waals surface area contributed by atoms with Crippen LogP contribution in [-0.4, -0.2) is 18.0 Å². The Morgan fingerprint density at radius 1 is 1.00 bits per heavy atom. The van der Waals surface area contributed by atoms with Crippen LogP contribution >= 0.6 is 0 Å². The van der Waals surface area contributed by atoms with Crippen molar-refractivity contribution in [3.63, 3.8) is 0 Å². The molecule has 0 saturated carbocycles. The molecule has 3 rings (SSSR count). The summed E-state index contributed by atoms with van der Waals surface area (Å²) < 4.78 is 4.65. The van der Waals surface area contributed by atoms with Gasteiger partial charge >= 0.3 is 5.97 Å². The van der Waals surface area contributed by atoms with Crippen molar-refractivity contribution in [2.24, 2.45) is 0 Å². The van der Waals surface area contributed by atoms with Gasteiger partial charge in [-0.1, -0.05) is 48.5 Å². The SMILES string of the molecule is COC(=O)c1cc(Nc2ccccc2-c2ccccc2)ccc1[N+](=O)[O-]. The minimum atomic E-state index is -0.753. The predicted octanol–water partition coefficient (Wildman–Crippen LogP) is 4.79. The first-order chi connectivity index (χ1) is 12.6. The van der Waals surface area contributed by atoms with E-state index < -0.39 is 10.9 Å². The number of ether oxygens (including phenoxy) is 1. The van der Waals surface area contributed by atoms with Crippen molar-refractivity contribution in [3.05, 3.63) is 88.5 Å². The third-order valence-corrected chi connectivity index (χ3v) is 3.89. The zero-order valence-electron chi connectivity index (χ0n) is 14.0. The summed E-state index contributed by atoms with van der Waals surface area (Å²) in [5, 5.41) is 14.4. The number of nitrogens with zero attached hydrogens (tertiary/aromatic N) is 1. The largest absolute Gasteiger partial charge is 0.465 e. The lowest BCUT2D eigenvalue weighted by atomic mass is 10.0. The van der Waals surface area contributed by atoms with Gasteiger partial charge in [0.15, 0.2) is 0 Å². The van der Waals surface area contributed by atoms with Crippen molar-refractivity contribution >= 4 is 23.0 Å². The van der Waals surface area contributed by atoms with E-state index in [1.807, 2.05) is 54.6 Å². The van der Waals surface area contributed by atoms with E-state index in [4.69, 9.17) is 0 Å². The first-order valence-electron chi connectivity index (χ1n) is 7.88. The fourth-order valence-electron chi connectivity index (χ4n) is 2.66. The fourth-order valence-corrected chi connectivity index (χ4v) is 2.66. The highest BCUT2D eigenvalue weighted by Gasteiger charge is 2.21. The molecule has 3 aromatic carbocycles. The first kappa shape index (κ1) is 17.2. The van der Waals surface area contributed by atoms with Crippen LogP contribution in [-0.2, 0) is 4.74 Å². The lowest BCUT2D eigenvalue weighted by Crippen LogP contribution is -2.06. The van der Waals surface area contributed by atoms with Gasteiger partial charge in [0.05, 0.1) is 12.0 Å². The van der Waals surface area contributed by atoms with E-state index in [-0.39, 0.29) is 11.3 Å². The third-order valence-electron chi connectivity index (χ3n) is 3.89. The Bertz CT molecular complexity index is 955. The van der Waals surface area contributed by atoms with Crippen molar-refractivity contribution in [3.8, 4) is 11.1 Å². The summed E-state index contributed by atoms with van der Waals surface area (Å²) in [4.78, 5) is 22.4. The average Bonchev–Trinajstić information content (AvgIpc) is 2.68. The highest BCUT2D eigenvalue weighted by molar-refractivity contribution is 5.95. The standard InChI is InChI=1S/C20H16N2O4/c1-26-20(23)17-13-15(11-12-19(17)22(24)25)21-18-10-6-5-9-16(18)14-7-3-2-4-8-14/h2-13,21H,1H3. The molecule has 0 bridgehead atoms. The zero-order chi connectivity index (χ0) is 18.5. The molecule has 1 N–H and O–H groups in total. The second kappa shape index (κ2) is 7.48. The van der Waals surface area contributed by atoms with Crippen LogP contribution in [0, 0.1) is 10.1 Å². The Morgan fingerprint density at radius 2 is 1.69 bits per heavy atom. The van der Waals surface area contributed by atoms with Crippen molar-refractivity contribution in [1.29, 1.82) is 0 Å². The Morgan fingerprint density at radius 3 is 2.38 bits per heavy atom. The van der Waals surface area contributed by atoms with E-state index in [9.17, 15) is 14.9 Å². The number of nitro benzene ring substituents is 1. The van der Waals surface area contributed by atoms with E-state index in [0.717, 1.165) is 16.8 Å². The molecule has 26 heavy (non-hydrogen) atoms. The van der Waals surface area contributed by atoms with Gasteiger partial charge in [-0.2, -0.15) is 0 Å². The van der Waals surface area contributed by atoms with Gasteiger partial charge in [0.2, 0.25) is 0 Å². The molecule has 0 spiro atoms. The van der Waals surface area contributed by atoms with Crippen LogP contribution in [0.5, 0.6) is 0 Å². The first-order valence-corrected chi connectivity index (χ1v) is 7.88. The number of rotatable bonds is 5. The number of nitro groups is 1. The molecule has 0 saturated heterocycles. The minimum Gasteiger partial charge on any atom is -0.465 e. The van der Waals surface area contributed by atoms with E-state index in [1.54, 1.807) is 6.07 Å². The molecule has 0 radical (unpaired) electrons. The Labute approximate surface area is 150 Å². The lowest BCUT2D eigenvalue weighted by molar-refractivity contribution is -0.385. The summed E-state index contributed by atoms with van der Waals surface area (Å²) in [6.45, 7) is 0. The van der Waals surface area contributed by atoms with Crippen LogP contribution in [0.1, 0.15) is 10.4 Å². The van der Waals surface area contributed by atoms with Crippen LogP contribution in [0.2, 0.25) is 0 Å². The number of benzene rings is 3. The number of carbonyl (C=O) groups is 1. The van der Waals surface area contributed by atoms with Gasteiger partial charge in [-0.3, -0.25) is 10.1 Å². The monoisotopic (exact) mass is 348 g/mol. The maximum absolute atomic E-state index is 11.9. The van der Waals surface area contributed by atoms with Crippen LogP contribution in [0.3, 0.4) is 0 Å². The molecule has 0 aliphatic rings. The normalized spacial score (nSPS) is 10.2. The molecule has 0 heterocycles. The van der Waals surface area contributed by atoms with Crippen LogP contribution in [0.15, 0.2) is 72.8 Å². The summed E-state index contributed by atoms with van der Waals surface area (Å²) in [7, 11) is 1.19. The molecule has 3 aromatic rings. The number of hydrogen-bond donors (Lipinski definition) is 1. The smallest absolute Gasteiger partial charge is 0.344 e. The van der Waals surface area contributed by atoms with Gasteiger partial charge in [-0.15, -0.1) is 0 Å². The van der Waals surface area contributed by atoms with Crippen molar-refractivity contribution in [2.45, 2.75) is 0 Å². The molecular formula is C20H16N2O4. The van der Waals surface area contributed by atoms with E-state index in [2.05, 4.69) is 10.1 Å². The second-order valence-corrected chi connectivity index (χ2v) is 5.52. The third kappa shape index (κ3) is 3.54. The molecule has 0 aromatic heterocycles. The molecule has 0 aliphatic heterocycles. The number of hydrogen-bond acceptors (Lipinski definition) is 5. The van der Waals surface area contributed by atoms with Gasteiger partial charge in [0.25, 0.3) is 5.69 Å². The Hall–Kier alpha value is -3.67. The molecule has 0 unspecified atom stereocenters. The number of nitrogens with one attached hydrogen (secondary N) is 1. The molecule has 0 atom stereocenters. The molecule has 0 amide bonds. The van der Waals surface area contributed by atoms with Crippen LogP contribution in [0.4, 0.5) is 17.1 Å². The summed E-state index contributed by atoms with van der Waals surface area (Å²) in [6, 6.07) is 21.8. The van der Waals surface area contributed by atoms with Crippen LogP contribution in [0.25, 0.3) is 11.1 Å². The molecule has 130 valence electrons. The number of esters is 1. The highest BCUT2D eigenvalue weighted by Crippen LogP contribution is 2.31. The molecule has 6 nitrogen and oxygen atoms in total. The summed E-state index contributed by atoms with van der Waals surface area (Å²) in [6.07, 6.45) is 0. The van der Waals surface area contributed by atoms with Crippen LogP contribution < -0.4 is 5.32 Å². The maximum atomic E-state index is 11.9. The van der Waals surface area contributed by atoms with Gasteiger partial charge in [-0.05, 0) is 23.8 Å². The highest BCUT2D eigenvalue weighted by atomic mass is 16.6. The van der Waals surface area contributed by atoms with E-state index in [0.29, 0.717) is 5.69 Å². The van der Waals surface area contributed by atoms with Crippen molar-refractivity contribution < 1.29 is 14.5 Å². The zero-order valence-corrected chi connectivity index (χ0v) is 14.0. The maximum Gasteiger partial charge on any atom is 0.344 e. The Balaban J connectivity index is 2.00.